The van der Waals surface area contributed by atoms with Crippen molar-refractivity contribution in [2.24, 2.45) is 0 Å². The summed E-state index contributed by atoms with van der Waals surface area (Å²) in [6.07, 6.45) is 4.63. The van der Waals surface area contributed by atoms with Crippen molar-refractivity contribution in [1.82, 2.24) is 18.8 Å². The average molecular weight is 440 g/mol. The van der Waals surface area contributed by atoms with Gasteiger partial charge in [-0.1, -0.05) is 41.7 Å². The Bertz CT molecular complexity index is 919. The highest BCUT2D eigenvalue weighted by molar-refractivity contribution is 7.86. The van der Waals surface area contributed by atoms with Gasteiger partial charge < -0.3 is 9.42 Å². The summed E-state index contributed by atoms with van der Waals surface area (Å²) in [5, 5.41) is 4.73. The van der Waals surface area contributed by atoms with Crippen LogP contribution in [0.5, 0.6) is 0 Å². The van der Waals surface area contributed by atoms with Crippen molar-refractivity contribution in [3.05, 3.63) is 40.7 Å². The first-order chi connectivity index (χ1) is 14.0. The van der Waals surface area contributed by atoms with Crippen LogP contribution in [-0.4, -0.2) is 66.4 Å². The van der Waals surface area contributed by atoms with Crippen molar-refractivity contribution in [3.8, 4) is 0 Å². The number of halogens is 1. The standard InChI is InChI=1S/C19H26ClN5O3S/c20-17-7-5-6-16(14-17)15-18-21-19(28-22-18)23-10-12-25(13-11-23)29(26,27)24-8-3-1-2-4-9-24/h5-7,14H,1-4,8-13,15H2. The van der Waals surface area contributed by atoms with Crippen molar-refractivity contribution < 1.29 is 12.9 Å². The molecule has 2 aliphatic heterocycles. The van der Waals surface area contributed by atoms with Crippen LogP contribution in [0.25, 0.3) is 0 Å². The summed E-state index contributed by atoms with van der Waals surface area (Å²) < 4.78 is 34.5. The third kappa shape index (κ3) is 4.91. The van der Waals surface area contributed by atoms with E-state index in [4.69, 9.17) is 16.1 Å². The molecule has 0 aliphatic carbocycles. The Balaban J connectivity index is 1.35. The van der Waals surface area contributed by atoms with E-state index in [1.807, 2.05) is 29.2 Å². The normalized spacial score (nSPS) is 20.0. The molecule has 29 heavy (non-hydrogen) atoms. The van der Waals surface area contributed by atoms with Gasteiger partial charge in [0.05, 0.1) is 0 Å². The maximum atomic E-state index is 12.9. The Morgan fingerprint density at radius 2 is 1.66 bits per heavy atom. The molecule has 158 valence electrons. The minimum atomic E-state index is -3.39. The molecular formula is C19H26ClN5O3S. The van der Waals surface area contributed by atoms with Crippen LogP contribution in [0.15, 0.2) is 28.8 Å². The summed E-state index contributed by atoms with van der Waals surface area (Å²) in [6, 6.07) is 8.00. The summed E-state index contributed by atoms with van der Waals surface area (Å²) in [7, 11) is -3.39. The Labute approximate surface area is 176 Å². The van der Waals surface area contributed by atoms with E-state index in [9.17, 15) is 8.42 Å². The van der Waals surface area contributed by atoms with Gasteiger partial charge in [0.25, 0.3) is 10.2 Å². The van der Waals surface area contributed by atoms with E-state index in [0.29, 0.717) is 62.6 Å². The van der Waals surface area contributed by atoms with Crippen molar-refractivity contribution in [2.45, 2.75) is 32.1 Å². The van der Waals surface area contributed by atoms with Crippen LogP contribution in [0.1, 0.15) is 37.1 Å². The highest BCUT2D eigenvalue weighted by Crippen LogP contribution is 2.21. The Morgan fingerprint density at radius 3 is 2.34 bits per heavy atom. The van der Waals surface area contributed by atoms with Gasteiger partial charge in [-0.05, 0) is 30.5 Å². The van der Waals surface area contributed by atoms with E-state index >= 15 is 0 Å². The number of benzene rings is 1. The molecule has 0 bridgehead atoms. The molecule has 2 fully saturated rings. The van der Waals surface area contributed by atoms with E-state index in [0.717, 1.165) is 31.2 Å². The fourth-order valence-electron chi connectivity index (χ4n) is 3.82. The quantitative estimate of drug-likeness (QED) is 0.712. The van der Waals surface area contributed by atoms with Crippen molar-refractivity contribution >= 4 is 27.8 Å². The molecule has 4 rings (SSSR count). The predicted octanol–water partition coefficient (Wildman–Crippen LogP) is 2.56. The molecule has 0 saturated carbocycles. The second kappa shape index (κ2) is 8.99. The highest BCUT2D eigenvalue weighted by atomic mass is 35.5. The molecule has 2 aliphatic rings. The first kappa shape index (κ1) is 20.6. The van der Waals surface area contributed by atoms with Gasteiger partial charge in [-0.25, -0.2) is 0 Å². The molecule has 0 atom stereocenters. The summed E-state index contributed by atoms with van der Waals surface area (Å²) in [6.45, 7) is 3.16. The number of rotatable bonds is 5. The zero-order valence-corrected chi connectivity index (χ0v) is 17.9. The number of hydrogen-bond acceptors (Lipinski definition) is 6. The number of hydrogen-bond donors (Lipinski definition) is 0. The van der Waals surface area contributed by atoms with E-state index < -0.39 is 10.2 Å². The van der Waals surface area contributed by atoms with Gasteiger partial charge >= 0.3 is 6.01 Å². The van der Waals surface area contributed by atoms with Gasteiger partial charge in [0.1, 0.15) is 0 Å². The lowest BCUT2D eigenvalue weighted by atomic mass is 10.1. The average Bonchev–Trinajstić information content (AvgIpc) is 2.99. The van der Waals surface area contributed by atoms with Gasteiger partial charge in [0.2, 0.25) is 0 Å². The third-order valence-corrected chi connectivity index (χ3v) is 7.71. The van der Waals surface area contributed by atoms with E-state index in [-0.39, 0.29) is 0 Å². The van der Waals surface area contributed by atoms with Crippen LogP contribution in [0, 0.1) is 0 Å². The molecule has 0 unspecified atom stereocenters. The molecular weight excluding hydrogens is 414 g/mol. The van der Waals surface area contributed by atoms with Gasteiger partial charge in [-0.2, -0.15) is 22.0 Å². The highest BCUT2D eigenvalue weighted by Gasteiger charge is 2.33. The monoisotopic (exact) mass is 439 g/mol. The smallest absolute Gasteiger partial charge is 0.322 e. The lowest BCUT2D eigenvalue weighted by Gasteiger charge is -2.35. The van der Waals surface area contributed by atoms with Gasteiger partial charge in [-0.3, -0.25) is 0 Å². The van der Waals surface area contributed by atoms with E-state index in [2.05, 4.69) is 10.1 Å². The molecule has 2 saturated heterocycles. The lowest BCUT2D eigenvalue weighted by molar-refractivity contribution is 0.317. The maximum Gasteiger partial charge on any atom is 0.324 e. The van der Waals surface area contributed by atoms with E-state index in [1.165, 1.54) is 0 Å². The molecule has 0 radical (unpaired) electrons. The van der Waals surface area contributed by atoms with Gasteiger partial charge in [0, 0.05) is 50.7 Å². The first-order valence-electron chi connectivity index (χ1n) is 10.1. The summed E-state index contributed by atoms with van der Waals surface area (Å²) >= 11 is 6.02. The molecule has 1 aromatic carbocycles. The van der Waals surface area contributed by atoms with Crippen LogP contribution in [0.3, 0.4) is 0 Å². The Kier molecular flexibility index (Phi) is 6.38. The molecule has 0 N–H and O–H groups in total. The Morgan fingerprint density at radius 1 is 0.966 bits per heavy atom. The Hall–Kier alpha value is -1.68. The molecule has 0 spiro atoms. The van der Waals surface area contributed by atoms with Crippen LogP contribution in [-0.2, 0) is 16.6 Å². The van der Waals surface area contributed by atoms with Gasteiger partial charge in [0.15, 0.2) is 5.82 Å². The first-order valence-corrected chi connectivity index (χ1v) is 11.9. The van der Waals surface area contributed by atoms with Gasteiger partial charge in [-0.15, -0.1) is 0 Å². The number of nitrogens with zero attached hydrogens (tertiary/aromatic N) is 5. The SMILES string of the molecule is O=S(=O)(N1CCCCCC1)N1CCN(c2nc(Cc3cccc(Cl)c3)no2)CC1. The van der Waals surface area contributed by atoms with Crippen LogP contribution in [0.4, 0.5) is 6.01 Å². The second-order valence-corrected chi connectivity index (χ2v) is 9.87. The number of anilines is 1. The minimum absolute atomic E-state index is 0.421. The number of piperazine rings is 1. The largest absolute Gasteiger partial charge is 0.324 e. The van der Waals surface area contributed by atoms with Crippen molar-refractivity contribution in [2.75, 3.05) is 44.2 Å². The zero-order chi connectivity index (χ0) is 20.3. The van der Waals surface area contributed by atoms with Crippen molar-refractivity contribution in [1.29, 1.82) is 0 Å². The second-order valence-electron chi connectivity index (χ2n) is 7.51. The third-order valence-electron chi connectivity index (χ3n) is 5.44. The molecule has 10 heteroatoms. The maximum absolute atomic E-state index is 12.9. The van der Waals surface area contributed by atoms with Crippen LogP contribution >= 0.6 is 11.6 Å². The summed E-state index contributed by atoms with van der Waals surface area (Å²) in [4.78, 5) is 6.42. The topological polar surface area (TPSA) is 82.8 Å². The molecule has 0 amide bonds. The minimum Gasteiger partial charge on any atom is -0.322 e. The summed E-state index contributed by atoms with van der Waals surface area (Å²) in [5.41, 5.74) is 1.01. The molecule has 1 aromatic heterocycles. The predicted molar refractivity (Wildman–Crippen MR) is 111 cm³/mol. The van der Waals surface area contributed by atoms with Crippen LogP contribution in [0.2, 0.25) is 5.02 Å². The zero-order valence-electron chi connectivity index (χ0n) is 16.3. The van der Waals surface area contributed by atoms with Crippen molar-refractivity contribution in [3.63, 3.8) is 0 Å². The lowest BCUT2D eigenvalue weighted by Crippen LogP contribution is -2.53. The fraction of sp³-hybridized carbons (Fsp3) is 0.579. The van der Waals surface area contributed by atoms with E-state index in [1.54, 1.807) is 8.61 Å². The molecule has 3 heterocycles. The fourth-order valence-corrected chi connectivity index (χ4v) is 5.70. The molecule has 2 aromatic rings. The number of aromatic nitrogens is 2. The molecule has 8 nitrogen and oxygen atoms in total. The van der Waals surface area contributed by atoms with Crippen LogP contribution < -0.4 is 4.90 Å². The summed E-state index contributed by atoms with van der Waals surface area (Å²) in [5.74, 6) is 0.585.